The van der Waals surface area contributed by atoms with E-state index in [1.165, 1.54) is 4.88 Å². The monoisotopic (exact) mass is 375 g/mol. The number of thiophene rings is 1. The van der Waals surface area contributed by atoms with E-state index in [2.05, 4.69) is 48.1 Å². The summed E-state index contributed by atoms with van der Waals surface area (Å²) < 4.78 is 1.09. The van der Waals surface area contributed by atoms with Gasteiger partial charge in [-0.3, -0.25) is 9.69 Å². The number of halogens is 1. The third-order valence-electron chi connectivity index (χ3n) is 3.34. The van der Waals surface area contributed by atoms with E-state index in [0.29, 0.717) is 19.0 Å². The Kier molecular flexibility index (Phi) is 7.87. The Morgan fingerprint density at radius 2 is 2.14 bits per heavy atom. The van der Waals surface area contributed by atoms with Crippen LogP contribution in [0.3, 0.4) is 0 Å². The van der Waals surface area contributed by atoms with Gasteiger partial charge < -0.3 is 11.1 Å². The average Bonchev–Trinajstić information content (AvgIpc) is 2.82. The molecule has 1 rings (SSSR count). The van der Waals surface area contributed by atoms with Crippen LogP contribution in [0, 0.1) is 5.92 Å². The summed E-state index contributed by atoms with van der Waals surface area (Å²) in [6.45, 7) is 7.32. The average molecular weight is 376 g/mol. The van der Waals surface area contributed by atoms with Crippen LogP contribution < -0.4 is 11.1 Å². The summed E-state index contributed by atoms with van der Waals surface area (Å²) in [6.07, 6.45) is 0.873. The number of rotatable bonds is 8. The lowest BCUT2D eigenvalue weighted by Gasteiger charge is -2.31. The first-order chi connectivity index (χ1) is 9.85. The second kappa shape index (κ2) is 8.88. The van der Waals surface area contributed by atoms with Crippen molar-refractivity contribution in [3.63, 3.8) is 0 Å². The molecular formula is C15H26BrN3OS. The van der Waals surface area contributed by atoms with Gasteiger partial charge in [-0.1, -0.05) is 20.8 Å². The number of nitrogens with one attached hydrogen (secondary N) is 1. The van der Waals surface area contributed by atoms with E-state index < -0.39 is 0 Å². The highest BCUT2D eigenvalue weighted by molar-refractivity contribution is 9.11. The molecule has 0 aliphatic heterocycles. The van der Waals surface area contributed by atoms with Crippen LogP contribution in [0.25, 0.3) is 0 Å². The third kappa shape index (κ3) is 6.06. The maximum atomic E-state index is 12.0. The highest BCUT2D eigenvalue weighted by Crippen LogP contribution is 2.32. The van der Waals surface area contributed by atoms with Gasteiger partial charge in [0.15, 0.2) is 0 Å². The van der Waals surface area contributed by atoms with Crippen molar-refractivity contribution in [3.05, 3.63) is 20.8 Å². The van der Waals surface area contributed by atoms with Crippen LogP contribution in [-0.4, -0.2) is 37.0 Å². The van der Waals surface area contributed by atoms with Gasteiger partial charge >= 0.3 is 0 Å². The van der Waals surface area contributed by atoms with Gasteiger partial charge in [-0.15, -0.1) is 11.3 Å². The maximum absolute atomic E-state index is 12.0. The number of amides is 1. The van der Waals surface area contributed by atoms with Crippen molar-refractivity contribution in [3.8, 4) is 0 Å². The minimum absolute atomic E-state index is 0.0125. The van der Waals surface area contributed by atoms with E-state index in [9.17, 15) is 4.79 Å². The summed E-state index contributed by atoms with van der Waals surface area (Å²) >= 11 is 5.17. The smallest absolute Gasteiger partial charge is 0.234 e. The van der Waals surface area contributed by atoms with Crippen molar-refractivity contribution in [1.29, 1.82) is 0 Å². The van der Waals surface area contributed by atoms with Gasteiger partial charge in [0.25, 0.3) is 0 Å². The molecule has 1 amide bonds. The molecule has 0 spiro atoms. The first kappa shape index (κ1) is 18.6. The molecule has 21 heavy (non-hydrogen) atoms. The summed E-state index contributed by atoms with van der Waals surface area (Å²) in [5.41, 5.74) is 6.28. The fourth-order valence-electron chi connectivity index (χ4n) is 2.16. The summed E-state index contributed by atoms with van der Waals surface area (Å²) in [5.74, 6) is 0.510. The summed E-state index contributed by atoms with van der Waals surface area (Å²) in [7, 11) is 1.96. The Labute approximate surface area is 140 Å². The normalized spacial score (nSPS) is 14.5. The Bertz CT molecular complexity index is 450. The summed E-state index contributed by atoms with van der Waals surface area (Å²) in [6, 6.07) is 4.19. The van der Waals surface area contributed by atoms with Crippen LogP contribution in [-0.2, 0) is 4.79 Å². The van der Waals surface area contributed by atoms with E-state index in [4.69, 9.17) is 5.73 Å². The fourth-order valence-corrected chi connectivity index (χ4v) is 3.83. The van der Waals surface area contributed by atoms with E-state index >= 15 is 0 Å². The van der Waals surface area contributed by atoms with E-state index in [1.54, 1.807) is 11.3 Å². The number of carbonyl (C=O) groups excluding carboxylic acids is 1. The van der Waals surface area contributed by atoms with Crippen LogP contribution in [0.4, 0.5) is 0 Å². The topological polar surface area (TPSA) is 58.4 Å². The standard InChI is InChI=1S/C15H26BrN3OS/c1-5-11(17)15(12-6-7-13(16)21-12)19(4)9-14(20)18-8-10(2)3/h6-7,10-11,15H,5,8-9,17H2,1-4H3,(H,18,20). The van der Waals surface area contributed by atoms with Crippen molar-refractivity contribution in [2.75, 3.05) is 20.1 Å². The molecule has 1 heterocycles. The summed E-state index contributed by atoms with van der Waals surface area (Å²) in [5, 5.41) is 2.95. The zero-order valence-corrected chi connectivity index (χ0v) is 15.6. The molecule has 0 aliphatic rings. The quantitative estimate of drug-likeness (QED) is 0.733. The Balaban J connectivity index is 2.72. The highest BCUT2D eigenvalue weighted by Gasteiger charge is 2.26. The molecule has 3 N–H and O–H groups in total. The van der Waals surface area contributed by atoms with Crippen LogP contribution in [0.1, 0.15) is 38.1 Å². The van der Waals surface area contributed by atoms with Gasteiger partial charge in [-0.05, 0) is 47.4 Å². The van der Waals surface area contributed by atoms with Gasteiger partial charge in [-0.2, -0.15) is 0 Å². The number of hydrogen-bond donors (Lipinski definition) is 2. The number of likely N-dealkylation sites (N-methyl/N-ethyl adjacent to an activating group) is 1. The number of nitrogens with two attached hydrogens (primary N) is 1. The maximum Gasteiger partial charge on any atom is 0.234 e. The number of nitrogens with zero attached hydrogens (tertiary/aromatic N) is 1. The Morgan fingerprint density at radius 3 is 2.62 bits per heavy atom. The van der Waals surface area contributed by atoms with Gasteiger partial charge in [0.05, 0.1) is 16.4 Å². The highest BCUT2D eigenvalue weighted by atomic mass is 79.9. The molecule has 2 unspecified atom stereocenters. The van der Waals surface area contributed by atoms with Gasteiger partial charge in [0, 0.05) is 17.5 Å². The first-order valence-corrected chi connectivity index (χ1v) is 8.93. The third-order valence-corrected chi connectivity index (χ3v) is 5.03. The van der Waals surface area contributed by atoms with Gasteiger partial charge in [-0.25, -0.2) is 0 Å². The molecule has 0 bridgehead atoms. The molecule has 1 aromatic heterocycles. The Hall–Kier alpha value is -0.430. The molecule has 0 radical (unpaired) electrons. The molecule has 0 aliphatic carbocycles. The van der Waals surface area contributed by atoms with E-state index in [-0.39, 0.29) is 18.0 Å². The lowest BCUT2D eigenvalue weighted by atomic mass is 10.0. The molecule has 0 saturated heterocycles. The molecule has 4 nitrogen and oxygen atoms in total. The van der Waals surface area contributed by atoms with Crippen LogP contribution in [0.5, 0.6) is 0 Å². The molecule has 0 saturated carbocycles. The molecule has 0 aromatic carbocycles. The van der Waals surface area contributed by atoms with Crippen LogP contribution in [0.2, 0.25) is 0 Å². The first-order valence-electron chi connectivity index (χ1n) is 7.32. The molecule has 1 aromatic rings. The van der Waals surface area contributed by atoms with Crippen molar-refractivity contribution < 1.29 is 4.79 Å². The van der Waals surface area contributed by atoms with Crippen molar-refractivity contribution in [2.24, 2.45) is 11.7 Å². The lowest BCUT2D eigenvalue weighted by molar-refractivity contribution is -0.122. The molecule has 2 atom stereocenters. The van der Waals surface area contributed by atoms with Crippen molar-refractivity contribution in [2.45, 2.75) is 39.3 Å². The fraction of sp³-hybridized carbons (Fsp3) is 0.667. The number of carbonyl (C=O) groups is 1. The largest absolute Gasteiger partial charge is 0.355 e. The van der Waals surface area contributed by atoms with Crippen molar-refractivity contribution in [1.82, 2.24) is 10.2 Å². The lowest BCUT2D eigenvalue weighted by Crippen LogP contribution is -2.43. The molecule has 120 valence electrons. The van der Waals surface area contributed by atoms with Gasteiger partial charge in [0.2, 0.25) is 5.91 Å². The minimum atomic E-state index is 0.0125. The SMILES string of the molecule is CCC(N)C(c1ccc(Br)s1)N(C)CC(=O)NCC(C)C. The zero-order chi connectivity index (χ0) is 16.0. The van der Waals surface area contributed by atoms with Crippen molar-refractivity contribution >= 4 is 33.2 Å². The molecular weight excluding hydrogens is 350 g/mol. The molecule has 0 fully saturated rings. The van der Waals surface area contributed by atoms with E-state index in [0.717, 1.165) is 10.2 Å². The predicted molar refractivity (Wildman–Crippen MR) is 93.5 cm³/mol. The second-order valence-corrected chi connectivity index (χ2v) is 8.27. The summed E-state index contributed by atoms with van der Waals surface area (Å²) in [4.78, 5) is 15.2. The molecule has 6 heteroatoms. The zero-order valence-electron chi connectivity index (χ0n) is 13.2. The van der Waals surface area contributed by atoms with Crippen LogP contribution in [0.15, 0.2) is 15.9 Å². The van der Waals surface area contributed by atoms with Gasteiger partial charge in [0.1, 0.15) is 0 Å². The van der Waals surface area contributed by atoms with Crippen LogP contribution >= 0.6 is 27.3 Å². The second-order valence-electron chi connectivity index (χ2n) is 5.77. The number of hydrogen-bond acceptors (Lipinski definition) is 4. The van der Waals surface area contributed by atoms with E-state index in [1.807, 2.05) is 18.0 Å². The Morgan fingerprint density at radius 1 is 1.48 bits per heavy atom. The predicted octanol–water partition coefficient (Wildman–Crippen LogP) is 2.99. The minimum Gasteiger partial charge on any atom is -0.355 e.